The lowest BCUT2D eigenvalue weighted by Gasteiger charge is -1.88. The highest BCUT2D eigenvalue weighted by Gasteiger charge is 1.97. The molecule has 9 heavy (non-hydrogen) atoms. The number of carbonyl (C=O) groups is 1. The van der Waals surface area contributed by atoms with Gasteiger partial charge >= 0.3 is 0 Å². The van der Waals surface area contributed by atoms with Crippen molar-refractivity contribution in [3.63, 3.8) is 0 Å². The molecule has 50 valence electrons. The van der Waals surface area contributed by atoms with Gasteiger partial charge in [-0.3, -0.25) is 9.79 Å². The number of amidine groups is 1. The van der Waals surface area contributed by atoms with Crippen LogP contribution in [0.4, 0.5) is 0 Å². The molecule has 0 amide bonds. The van der Waals surface area contributed by atoms with Gasteiger partial charge in [-0.15, -0.1) is 0 Å². The van der Waals surface area contributed by atoms with Crippen molar-refractivity contribution in [1.82, 2.24) is 0 Å². The lowest BCUT2D eigenvalue weighted by Crippen LogP contribution is -2.05. The summed E-state index contributed by atoms with van der Waals surface area (Å²) in [6.45, 7) is 3.18. The Bertz CT molecular complexity index is 158. The molecule has 0 aliphatic heterocycles. The molecule has 0 saturated heterocycles. The summed E-state index contributed by atoms with van der Waals surface area (Å²) in [4.78, 5) is 17.9. The standard InChI is InChI=1S/C6H10N2O/c1-4-8-6(7-3)5(2)9/h4H,1-3H3. The lowest BCUT2D eigenvalue weighted by molar-refractivity contribution is -0.111. The van der Waals surface area contributed by atoms with Crippen molar-refractivity contribution in [1.29, 1.82) is 0 Å². The van der Waals surface area contributed by atoms with Crippen LogP contribution < -0.4 is 0 Å². The maximum absolute atomic E-state index is 10.5. The first-order chi connectivity index (χ1) is 4.22. The fourth-order valence-electron chi connectivity index (χ4n) is 0.428. The first-order valence-electron chi connectivity index (χ1n) is 2.68. The number of aliphatic imine (C=N–C) groups is 2. The Balaban J connectivity index is 4.19. The second-order valence-electron chi connectivity index (χ2n) is 1.49. The molecule has 0 N–H and O–H groups in total. The van der Waals surface area contributed by atoms with Gasteiger partial charge in [0.15, 0.2) is 11.6 Å². The van der Waals surface area contributed by atoms with Crippen molar-refractivity contribution in [2.75, 3.05) is 7.05 Å². The number of hydrogen-bond donors (Lipinski definition) is 0. The average Bonchev–Trinajstić information content (AvgIpc) is 1.82. The van der Waals surface area contributed by atoms with Crippen molar-refractivity contribution in [3.8, 4) is 0 Å². The minimum absolute atomic E-state index is 0.101. The van der Waals surface area contributed by atoms with Crippen molar-refractivity contribution in [2.45, 2.75) is 13.8 Å². The SMILES string of the molecule is CC=NC(=NC)C(C)=O. The van der Waals surface area contributed by atoms with E-state index >= 15 is 0 Å². The molecule has 0 aliphatic carbocycles. The third-order valence-corrected chi connectivity index (χ3v) is 0.778. The lowest BCUT2D eigenvalue weighted by atomic mass is 10.4. The third-order valence-electron chi connectivity index (χ3n) is 0.778. The van der Waals surface area contributed by atoms with Crippen molar-refractivity contribution in [2.24, 2.45) is 9.98 Å². The van der Waals surface area contributed by atoms with Crippen LogP contribution in [0.15, 0.2) is 9.98 Å². The molecule has 0 aromatic heterocycles. The summed E-state index contributed by atoms with van der Waals surface area (Å²) in [6, 6.07) is 0. The molecule has 0 fully saturated rings. The molecule has 0 unspecified atom stereocenters. The van der Waals surface area contributed by atoms with Crippen LogP contribution in [0, 0.1) is 0 Å². The van der Waals surface area contributed by atoms with E-state index in [-0.39, 0.29) is 11.6 Å². The average molecular weight is 126 g/mol. The Morgan fingerprint density at radius 2 is 2.11 bits per heavy atom. The van der Waals surface area contributed by atoms with E-state index in [4.69, 9.17) is 0 Å². The van der Waals surface area contributed by atoms with Gasteiger partial charge in [-0.25, -0.2) is 4.99 Å². The molecule has 0 saturated carbocycles. The third kappa shape index (κ3) is 2.74. The zero-order valence-corrected chi connectivity index (χ0v) is 5.88. The first-order valence-corrected chi connectivity index (χ1v) is 2.68. The molecule has 0 aliphatic rings. The zero-order chi connectivity index (χ0) is 7.28. The maximum atomic E-state index is 10.5. The molecule has 0 bridgehead atoms. The van der Waals surface area contributed by atoms with Gasteiger partial charge in [-0.2, -0.15) is 0 Å². The summed E-state index contributed by atoms with van der Waals surface area (Å²) in [6.07, 6.45) is 1.55. The Labute approximate surface area is 54.5 Å². The number of carbonyl (C=O) groups excluding carboxylic acids is 1. The Morgan fingerprint density at radius 3 is 2.22 bits per heavy atom. The molecule has 3 heteroatoms. The molecule has 0 heterocycles. The van der Waals surface area contributed by atoms with Gasteiger partial charge in [0, 0.05) is 20.2 Å². The molecule has 0 atom stereocenters. The summed E-state index contributed by atoms with van der Waals surface area (Å²) >= 11 is 0. The molecular formula is C6H10N2O. The van der Waals surface area contributed by atoms with E-state index in [1.165, 1.54) is 6.92 Å². The Hall–Kier alpha value is -0.990. The van der Waals surface area contributed by atoms with Crippen LogP contribution in [0.1, 0.15) is 13.8 Å². The zero-order valence-electron chi connectivity index (χ0n) is 5.88. The first kappa shape index (κ1) is 8.01. The summed E-state index contributed by atoms with van der Waals surface area (Å²) < 4.78 is 0. The van der Waals surface area contributed by atoms with E-state index in [0.717, 1.165) is 0 Å². The number of hydrogen-bond acceptors (Lipinski definition) is 2. The van der Waals surface area contributed by atoms with Crippen LogP contribution in [0.5, 0.6) is 0 Å². The molecule has 0 spiro atoms. The van der Waals surface area contributed by atoms with Gasteiger partial charge in [0.25, 0.3) is 0 Å². The number of Topliss-reactive ketones (excluding diaryl/α,β-unsaturated/α-hetero) is 1. The molecule has 0 radical (unpaired) electrons. The summed E-state index contributed by atoms with van der Waals surface area (Å²) in [7, 11) is 1.55. The van der Waals surface area contributed by atoms with E-state index in [0.29, 0.717) is 0 Å². The van der Waals surface area contributed by atoms with Crippen LogP contribution in [-0.4, -0.2) is 24.9 Å². The minimum Gasteiger partial charge on any atom is -0.291 e. The Morgan fingerprint density at radius 1 is 1.56 bits per heavy atom. The van der Waals surface area contributed by atoms with E-state index in [1.54, 1.807) is 20.2 Å². The van der Waals surface area contributed by atoms with Crippen LogP contribution in [0.25, 0.3) is 0 Å². The minimum atomic E-state index is -0.101. The summed E-state index contributed by atoms with van der Waals surface area (Å²) in [5.41, 5.74) is 0. The van der Waals surface area contributed by atoms with E-state index in [2.05, 4.69) is 9.98 Å². The predicted molar refractivity (Wildman–Crippen MR) is 38.2 cm³/mol. The van der Waals surface area contributed by atoms with Crippen LogP contribution in [0.2, 0.25) is 0 Å². The highest BCUT2D eigenvalue weighted by Crippen LogP contribution is 1.80. The fraction of sp³-hybridized carbons (Fsp3) is 0.500. The highest BCUT2D eigenvalue weighted by atomic mass is 16.1. The second kappa shape index (κ2) is 3.95. The van der Waals surface area contributed by atoms with E-state index in [9.17, 15) is 4.79 Å². The van der Waals surface area contributed by atoms with Gasteiger partial charge in [-0.1, -0.05) is 0 Å². The van der Waals surface area contributed by atoms with Gasteiger partial charge in [0.1, 0.15) is 0 Å². The van der Waals surface area contributed by atoms with Crippen molar-refractivity contribution >= 4 is 17.8 Å². The fourth-order valence-corrected chi connectivity index (χ4v) is 0.428. The summed E-state index contributed by atoms with van der Waals surface area (Å²) in [5, 5.41) is 0. The van der Waals surface area contributed by atoms with Crippen LogP contribution in [-0.2, 0) is 4.79 Å². The largest absolute Gasteiger partial charge is 0.291 e. The molecular weight excluding hydrogens is 116 g/mol. The number of nitrogens with zero attached hydrogens (tertiary/aromatic N) is 2. The highest BCUT2D eigenvalue weighted by molar-refractivity contribution is 6.39. The number of ketones is 1. The van der Waals surface area contributed by atoms with Gasteiger partial charge in [0.05, 0.1) is 0 Å². The molecule has 0 rings (SSSR count). The van der Waals surface area contributed by atoms with Crippen LogP contribution >= 0.6 is 0 Å². The predicted octanol–water partition coefficient (Wildman–Crippen LogP) is 0.694. The Kier molecular flexibility index (Phi) is 3.51. The van der Waals surface area contributed by atoms with Gasteiger partial charge < -0.3 is 0 Å². The maximum Gasteiger partial charge on any atom is 0.196 e. The van der Waals surface area contributed by atoms with Gasteiger partial charge in [0.2, 0.25) is 0 Å². The normalized spacial score (nSPS) is 12.6. The topological polar surface area (TPSA) is 41.8 Å². The van der Waals surface area contributed by atoms with E-state index in [1.807, 2.05) is 0 Å². The van der Waals surface area contributed by atoms with Crippen LogP contribution in [0.3, 0.4) is 0 Å². The van der Waals surface area contributed by atoms with Crippen molar-refractivity contribution < 1.29 is 4.79 Å². The summed E-state index contributed by atoms with van der Waals surface area (Å²) in [5.74, 6) is 0.174. The monoisotopic (exact) mass is 126 g/mol. The smallest absolute Gasteiger partial charge is 0.196 e. The molecule has 3 nitrogen and oxygen atoms in total. The second-order valence-corrected chi connectivity index (χ2v) is 1.49. The van der Waals surface area contributed by atoms with Crippen molar-refractivity contribution in [3.05, 3.63) is 0 Å². The van der Waals surface area contributed by atoms with Gasteiger partial charge in [-0.05, 0) is 6.92 Å². The number of rotatable bonds is 1. The molecule has 0 aromatic carbocycles. The quantitative estimate of drug-likeness (QED) is 0.376. The van der Waals surface area contributed by atoms with E-state index < -0.39 is 0 Å². The molecule has 0 aromatic rings.